The molecule has 102 valence electrons. The van der Waals surface area contributed by atoms with Gasteiger partial charge in [0.2, 0.25) is 0 Å². The summed E-state index contributed by atoms with van der Waals surface area (Å²) in [6.07, 6.45) is 0. The largest absolute Gasteiger partial charge is 0.480 e. The average molecular weight is 287 g/mol. The maximum absolute atomic E-state index is 13.6. The van der Waals surface area contributed by atoms with E-state index in [1.54, 1.807) is 0 Å². The van der Waals surface area contributed by atoms with Gasteiger partial charge in [0, 0.05) is 24.7 Å². The number of rotatable bonds is 2. The van der Waals surface area contributed by atoms with Crippen LogP contribution in [-0.4, -0.2) is 47.6 Å². The maximum Gasteiger partial charge on any atom is 0.327 e. The summed E-state index contributed by atoms with van der Waals surface area (Å²) in [4.78, 5) is 24.5. The van der Waals surface area contributed by atoms with Gasteiger partial charge in [-0.2, -0.15) is 0 Å². The highest BCUT2D eigenvalue weighted by Gasteiger charge is 2.33. The number of nitrogens with zero attached hydrogens (tertiary/aromatic N) is 1. The van der Waals surface area contributed by atoms with Gasteiger partial charge < -0.3 is 15.3 Å². The molecule has 1 fully saturated rings. The Bertz CT molecular complexity index is 524. The first-order valence-electron chi connectivity index (χ1n) is 5.70. The molecule has 1 aromatic rings. The number of hydrogen-bond donors (Lipinski definition) is 2. The predicted molar refractivity (Wildman–Crippen MR) is 66.7 cm³/mol. The van der Waals surface area contributed by atoms with Crippen molar-refractivity contribution in [2.45, 2.75) is 6.04 Å². The standard InChI is InChI=1S/C12H12ClFN2O3/c13-7-1-2-9(14)8(5-7)11(17)16-4-3-15-6-10(16)12(18)19/h1-2,5,10,15H,3-4,6H2,(H,18,19). The third kappa shape index (κ3) is 2.85. The van der Waals surface area contributed by atoms with Crippen LogP contribution in [0.1, 0.15) is 10.4 Å². The highest BCUT2D eigenvalue weighted by molar-refractivity contribution is 6.31. The molecule has 1 aliphatic rings. The number of carboxylic acids is 1. The lowest BCUT2D eigenvalue weighted by Crippen LogP contribution is -2.57. The lowest BCUT2D eigenvalue weighted by Gasteiger charge is -2.33. The number of halogens is 2. The molecule has 1 unspecified atom stereocenters. The van der Waals surface area contributed by atoms with Crippen molar-refractivity contribution >= 4 is 23.5 Å². The predicted octanol–water partition coefficient (Wildman–Crippen LogP) is 0.978. The second kappa shape index (κ2) is 5.54. The van der Waals surface area contributed by atoms with Crippen LogP contribution in [0.25, 0.3) is 0 Å². The van der Waals surface area contributed by atoms with Gasteiger partial charge in [0.25, 0.3) is 5.91 Å². The van der Waals surface area contributed by atoms with Gasteiger partial charge in [-0.25, -0.2) is 9.18 Å². The highest BCUT2D eigenvalue weighted by atomic mass is 35.5. The van der Waals surface area contributed by atoms with Gasteiger partial charge in [-0.05, 0) is 18.2 Å². The molecule has 1 aromatic carbocycles. The van der Waals surface area contributed by atoms with Gasteiger partial charge >= 0.3 is 5.97 Å². The van der Waals surface area contributed by atoms with Crippen LogP contribution in [-0.2, 0) is 4.79 Å². The number of nitrogens with one attached hydrogen (secondary N) is 1. The summed E-state index contributed by atoms with van der Waals surface area (Å²) in [6.45, 7) is 0.822. The van der Waals surface area contributed by atoms with Crippen LogP contribution in [0.15, 0.2) is 18.2 Å². The number of carbonyl (C=O) groups excluding carboxylic acids is 1. The quantitative estimate of drug-likeness (QED) is 0.850. The molecule has 1 aliphatic heterocycles. The molecule has 0 spiro atoms. The summed E-state index contributed by atoms with van der Waals surface area (Å²) >= 11 is 5.73. The summed E-state index contributed by atoms with van der Waals surface area (Å²) in [5.74, 6) is -2.49. The Morgan fingerprint density at radius 1 is 1.47 bits per heavy atom. The van der Waals surface area contributed by atoms with E-state index in [0.717, 1.165) is 11.0 Å². The van der Waals surface area contributed by atoms with Crippen LogP contribution in [0.4, 0.5) is 4.39 Å². The third-order valence-electron chi connectivity index (χ3n) is 2.95. The molecule has 5 nitrogen and oxygen atoms in total. The molecule has 0 radical (unpaired) electrons. The van der Waals surface area contributed by atoms with E-state index in [-0.39, 0.29) is 23.7 Å². The van der Waals surface area contributed by atoms with E-state index in [0.29, 0.717) is 6.54 Å². The van der Waals surface area contributed by atoms with E-state index in [9.17, 15) is 14.0 Å². The molecule has 7 heteroatoms. The van der Waals surface area contributed by atoms with Crippen molar-refractivity contribution in [2.24, 2.45) is 0 Å². The number of aliphatic carboxylic acids is 1. The van der Waals surface area contributed by atoms with Crippen LogP contribution in [0.5, 0.6) is 0 Å². The molecular weight excluding hydrogens is 275 g/mol. The molecule has 1 atom stereocenters. The molecule has 0 aromatic heterocycles. The van der Waals surface area contributed by atoms with Gasteiger partial charge in [0.15, 0.2) is 0 Å². The average Bonchev–Trinajstić information content (AvgIpc) is 2.40. The molecule has 0 bridgehead atoms. The summed E-state index contributed by atoms with van der Waals surface area (Å²) in [6, 6.07) is 2.63. The van der Waals surface area contributed by atoms with Crippen LogP contribution >= 0.6 is 11.6 Å². The van der Waals surface area contributed by atoms with Crippen molar-refractivity contribution in [3.8, 4) is 0 Å². The third-order valence-corrected chi connectivity index (χ3v) is 3.18. The van der Waals surface area contributed by atoms with E-state index < -0.39 is 23.7 Å². The number of carboxylic acid groups (broad SMARTS) is 1. The van der Waals surface area contributed by atoms with E-state index >= 15 is 0 Å². The van der Waals surface area contributed by atoms with Crippen molar-refractivity contribution in [1.82, 2.24) is 10.2 Å². The Hall–Kier alpha value is -1.66. The summed E-state index contributed by atoms with van der Waals surface area (Å²) < 4.78 is 13.6. The van der Waals surface area contributed by atoms with Gasteiger partial charge in [0.1, 0.15) is 11.9 Å². The Labute approximate surface area is 114 Å². The first kappa shape index (κ1) is 13.8. The van der Waals surface area contributed by atoms with Gasteiger partial charge in [-0.1, -0.05) is 11.6 Å². The second-order valence-corrected chi connectivity index (χ2v) is 4.62. The first-order valence-corrected chi connectivity index (χ1v) is 6.08. The number of benzene rings is 1. The van der Waals surface area contributed by atoms with E-state index in [1.165, 1.54) is 12.1 Å². The van der Waals surface area contributed by atoms with Crippen molar-refractivity contribution in [1.29, 1.82) is 0 Å². The molecule has 0 saturated carbocycles. The van der Waals surface area contributed by atoms with Crippen molar-refractivity contribution in [3.05, 3.63) is 34.6 Å². The molecular formula is C12H12ClFN2O3. The fourth-order valence-electron chi connectivity index (χ4n) is 1.98. The summed E-state index contributed by atoms with van der Waals surface area (Å²) in [5, 5.41) is 12.2. The normalized spacial score (nSPS) is 19.3. The SMILES string of the molecule is O=C(O)C1CNCCN1C(=O)c1cc(Cl)ccc1F. The number of hydrogen-bond acceptors (Lipinski definition) is 3. The van der Waals surface area contributed by atoms with E-state index in [2.05, 4.69) is 5.32 Å². The lowest BCUT2D eigenvalue weighted by atomic mass is 10.1. The fourth-order valence-corrected chi connectivity index (χ4v) is 2.16. The zero-order valence-corrected chi connectivity index (χ0v) is 10.7. The Morgan fingerprint density at radius 3 is 2.89 bits per heavy atom. The molecule has 19 heavy (non-hydrogen) atoms. The zero-order chi connectivity index (χ0) is 14.0. The Kier molecular flexibility index (Phi) is 4.01. The van der Waals surface area contributed by atoms with Crippen LogP contribution in [0, 0.1) is 5.82 Å². The van der Waals surface area contributed by atoms with Gasteiger partial charge in [-0.3, -0.25) is 4.79 Å². The van der Waals surface area contributed by atoms with Gasteiger partial charge in [-0.15, -0.1) is 0 Å². The topological polar surface area (TPSA) is 69.6 Å². The van der Waals surface area contributed by atoms with E-state index in [4.69, 9.17) is 16.7 Å². The summed E-state index contributed by atoms with van der Waals surface area (Å²) in [7, 11) is 0. The number of piperazine rings is 1. The zero-order valence-electron chi connectivity index (χ0n) is 9.90. The number of amides is 1. The van der Waals surface area contributed by atoms with Crippen molar-refractivity contribution < 1.29 is 19.1 Å². The first-order chi connectivity index (χ1) is 9.00. The van der Waals surface area contributed by atoms with Crippen LogP contribution in [0.3, 0.4) is 0 Å². The minimum Gasteiger partial charge on any atom is -0.480 e. The molecule has 2 N–H and O–H groups in total. The smallest absolute Gasteiger partial charge is 0.327 e. The maximum atomic E-state index is 13.6. The molecule has 2 rings (SSSR count). The summed E-state index contributed by atoms with van der Waals surface area (Å²) in [5.41, 5.74) is -0.208. The van der Waals surface area contributed by atoms with Crippen LogP contribution < -0.4 is 5.32 Å². The fraction of sp³-hybridized carbons (Fsp3) is 0.333. The highest BCUT2D eigenvalue weighted by Crippen LogP contribution is 2.18. The Morgan fingerprint density at radius 2 is 2.21 bits per heavy atom. The second-order valence-electron chi connectivity index (χ2n) is 4.18. The van der Waals surface area contributed by atoms with Crippen LogP contribution in [0.2, 0.25) is 5.02 Å². The van der Waals surface area contributed by atoms with Crippen molar-refractivity contribution in [3.63, 3.8) is 0 Å². The monoisotopic (exact) mass is 286 g/mol. The van der Waals surface area contributed by atoms with E-state index in [1.807, 2.05) is 0 Å². The minimum absolute atomic E-state index is 0.142. The minimum atomic E-state index is -1.12. The number of carbonyl (C=O) groups is 2. The molecule has 0 aliphatic carbocycles. The van der Waals surface area contributed by atoms with Gasteiger partial charge in [0.05, 0.1) is 5.56 Å². The molecule has 1 amide bonds. The molecule has 1 saturated heterocycles. The van der Waals surface area contributed by atoms with Crippen molar-refractivity contribution in [2.75, 3.05) is 19.6 Å². The molecule has 1 heterocycles. The lowest BCUT2D eigenvalue weighted by molar-refractivity contribution is -0.142. The Balaban J connectivity index is 2.31.